The molecule has 1 aliphatic rings. The molecule has 0 bridgehead atoms. The van der Waals surface area contributed by atoms with E-state index in [0.29, 0.717) is 6.04 Å². The summed E-state index contributed by atoms with van der Waals surface area (Å²) in [4.78, 5) is 17.8. The average Bonchev–Trinajstić information content (AvgIpc) is 2.46. The van der Waals surface area contributed by atoms with Gasteiger partial charge in [0.25, 0.3) is 0 Å². The third-order valence-electron chi connectivity index (χ3n) is 3.59. The summed E-state index contributed by atoms with van der Waals surface area (Å²) < 4.78 is 0. The van der Waals surface area contributed by atoms with E-state index in [9.17, 15) is 9.90 Å². The molecule has 0 saturated carbocycles. The van der Waals surface area contributed by atoms with Crippen molar-refractivity contribution >= 4 is 34.3 Å². The van der Waals surface area contributed by atoms with Crippen LogP contribution in [0.4, 0.5) is 5.69 Å². The first-order valence-electron chi connectivity index (χ1n) is 6.64. The van der Waals surface area contributed by atoms with Gasteiger partial charge in [-0.2, -0.15) is 11.8 Å². The van der Waals surface area contributed by atoms with Gasteiger partial charge in [0.05, 0.1) is 5.52 Å². The number of aromatic carboxylic acids is 1. The number of nitrogens with zero attached hydrogens (tertiary/aromatic N) is 2. The zero-order valence-electron chi connectivity index (χ0n) is 11.2. The fourth-order valence-corrected chi connectivity index (χ4v) is 3.60. The lowest BCUT2D eigenvalue weighted by atomic mass is 10.1. The quantitative estimate of drug-likeness (QED) is 0.921. The summed E-state index contributed by atoms with van der Waals surface area (Å²) in [5, 5.41) is 10.3. The Morgan fingerprint density at radius 2 is 2.25 bits per heavy atom. The Morgan fingerprint density at radius 3 is 3.00 bits per heavy atom. The molecular formula is C15H16N2O2S. The van der Waals surface area contributed by atoms with Crippen molar-refractivity contribution in [3.05, 3.63) is 36.0 Å². The van der Waals surface area contributed by atoms with Gasteiger partial charge >= 0.3 is 5.97 Å². The van der Waals surface area contributed by atoms with Gasteiger partial charge in [-0.15, -0.1) is 0 Å². The molecule has 0 amide bonds. The van der Waals surface area contributed by atoms with E-state index >= 15 is 0 Å². The van der Waals surface area contributed by atoms with Crippen LogP contribution in [0, 0.1) is 0 Å². The molecule has 1 aromatic heterocycles. The highest BCUT2D eigenvalue weighted by atomic mass is 32.2. The van der Waals surface area contributed by atoms with E-state index < -0.39 is 5.97 Å². The molecule has 1 N–H and O–H groups in total. The number of hydrogen-bond acceptors (Lipinski definition) is 4. The molecule has 1 atom stereocenters. The van der Waals surface area contributed by atoms with E-state index in [-0.39, 0.29) is 5.69 Å². The van der Waals surface area contributed by atoms with E-state index in [2.05, 4.69) is 16.8 Å². The molecule has 5 heteroatoms. The number of aromatic nitrogens is 1. The topological polar surface area (TPSA) is 53.4 Å². The van der Waals surface area contributed by atoms with Gasteiger partial charge in [0.15, 0.2) is 5.69 Å². The Hall–Kier alpha value is -1.75. The number of anilines is 1. The minimum absolute atomic E-state index is 0.115. The lowest BCUT2D eigenvalue weighted by Gasteiger charge is -2.35. The second-order valence-corrected chi connectivity index (χ2v) is 6.12. The van der Waals surface area contributed by atoms with Crippen LogP contribution in [0.1, 0.15) is 17.4 Å². The van der Waals surface area contributed by atoms with Crippen LogP contribution in [0.3, 0.4) is 0 Å². The van der Waals surface area contributed by atoms with Gasteiger partial charge in [-0.1, -0.05) is 18.2 Å². The molecule has 3 rings (SSSR count). The third kappa shape index (κ3) is 2.33. The van der Waals surface area contributed by atoms with Crippen molar-refractivity contribution in [2.45, 2.75) is 13.0 Å². The van der Waals surface area contributed by atoms with Crippen LogP contribution in [0.15, 0.2) is 30.3 Å². The number of thioether (sulfide) groups is 1. The fraction of sp³-hybridized carbons (Fsp3) is 0.333. The van der Waals surface area contributed by atoms with Gasteiger partial charge in [-0.05, 0) is 19.1 Å². The maximum absolute atomic E-state index is 11.3. The molecule has 1 fully saturated rings. The highest BCUT2D eigenvalue weighted by molar-refractivity contribution is 7.99. The highest BCUT2D eigenvalue weighted by Crippen LogP contribution is 2.31. The lowest BCUT2D eigenvalue weighted by Crippen LogP contribution is -2.40. The van der Waals surface area contributed by atoms with Crippen LogP contribution in [0.25, 0.3) is 10.9 Å². The molecular weight excluding hydrogens is 272 g/mol. The number of carbonyl (C=O) groups is 1. The zero-order valence-corrected chi connectivity index (χ0v) is 12.1. The van der Waals surface area contributed by atoms with Crippen molar-refractivity contribution in [3.63, 3.8) is 0 Å². The van der Waals surface area contributed by atoms with E-state index in [4.69, 9.17) is 0 Å². The van der Waals surface area contributed by atoms with Crippen LogP contribution < -0.4 is 4.90 Å². The molecule has 0 radical (unpaired) electrons. The summed E-state index contributed by atoms with van der Waals surface area (Å²) in [6.45, 7) is 3.13. The van der Waals surface area contributed by atoms with Crippen molar-refractivity contribution < 1.29 is 9.90 Å². The van der Waals surface area contributed by atoms with Crippen molar-refractivity contribution in [1.29, 1.82) is 0 Å². The molecule has 1 aromatic carbocycles. The molecule has 0 aliphatic carbocycles. The molecule has 1 saturated heterocycles. The standard InChI is InChI=1S/C15H16N2O2S/c1-10-9-20-7-6-17(10)14-8-13(15(18)19)16-12-5-3-2-4-11(12)14/h2-5,8,10H,6-7,9H2,1H3,(H,18,19). The summed E-state index contributed by atoms with van der Waals surface area (Å²) in [5.74, 6) is 1.17. The molecule has 1 unspecified atom stereocenters. The minimum Gasteiger partial charge on any atom is -0.477 e. The van der Waals surface area contributed by atoms with Crippen molar-refractivity contribution in [2.24, 2.45) is 0 Å². The van der Waals surface area contributed by atoms with Crippen LogP contribution in [-0.4, -0.2) is 40.2 Å². The Bertz CT molecular complexity index is 659. The number of benzene rings is 1. The molecule has 0 spiro atoms. The monoisotopic (exact) mass is 288 g/mol. The van der Waals surface area contributed by atoms with Gasteiger partial charge in [-0.25, -0.2) is 9.78 Å². The van der Waals surface area contributed by atoms with Crippen LogP contribution >= 0.6 is 11.8 Å². The van der Waals surface area contributed by atoms with Gasteiger partial charge in [0, 0.05) is 35.2 Å². The van der Waals surface area contributed by atoms with E-state index in [1.165, 1.54) is 0 Å². The number of fused-ring (bicyclic) bond motifs is 1. The van der Waals surface area contributed by atoms with Gasteiger partial charge in [0.1, 0.15) is 0 Å². The van der Waals surface area contributed by atoms with Crippen molar-refractivity contribution in [1.82, 2.24) is 4.98 Å². The smallest absolute Gasteiger partial charge is 0.354 e. The first-order valence-corrected chi connectivity index (χ1v) is 7.80. The van der Waals surface area contributed by atoms with E-state index in [1.54, 1.807) is 6.07 Å². The number of para-hydroxylation sites is 1. The van der Waals surface area contributed by atoms with Gasteiger partial charge < -0.3 is 10.0 Å². The molecule has 104 valence electrons. The Balaban J connectivity index is 2.18. The van der Waals surface area contributed by atoms with Crippen molar-refractivity contribution in [2.75, 3.05) is 23.0 Å². The number of rotatable bonds is 2. The van der Waals surface area contributed by atoms with Crippen LogP contribution in [0.2, 0.25) is 0 Å². The second-order valence-electron chi connectivity index (χ2n) is 4.97. The van der Waals surface area contributed by atoms with Crippen molar-refractivity contribution in [3.8, 4) is 0 Å². The predicted molar refractivity (Wildman–Crippen MR) is 82.8 cm³/mol. The lowest BCUT2D eigenvalue weighted by molar-refractivity contribution is 0.0691. The number of hydrogen-bond donors (Lipinski definition) is 1. The maximum Gasteiger partial charge on any atom is 0.354 e. The summed E-state index contributed by atoms with van der Waals surface area (Å²) in [6.07, 6.45) is 0. The second kappa shape index (κ2) is 5.32. The summed E-state index contributed by atoms with van der Waals surface area (Å²) >= 11 is 1.94. The number of carboxylic acids is 1. The summed E-state index contributed by atoms with van der Waals surface area (Å²) in [5.41, 5.74) is 1.85. The summed E-state index contributed by atoms with van der Waals surface area (Å²) in [7, 11) is 0. The number of pyridine rings is 1. The molecule has 1 aliphatic heterocycles. The zero-order chi connectivity index (χ0) is 14.1. The Morgan fingerprint density at radius 1 is 1.45 bits per heavy atom. The Labute approximate surface area is 121 Å². The Kier molecular flexibility index (Phi) is 3.53. The normalized spacial score (nSPS) is 19.2. The first kappa shape index (κ1) is 13.2. The fourth-order valence-electron chi connectivity index (χ4n) is 2.59. The SMILES string of the molecule is CC1CSCCN1c1cc(C(=O)O)nc2ccccc12. The highest BCUT2D eigenvalue weighted by Gasteiger charge is 2.22. The molecule has 2 aromatic rings. The molecule has 20 heavy (non-hydrogen) atoms. The molecule has 4 nitrogen and oxygen atoms in total. The van der Waals surface area contributed by atoms with Crippen LogP contribution in [-0.2, 0) is 0 Å². The van der Waals surface area contributed by atoms with Gasteiger partial charge in [-0.3, -0.25) is 0 Å². The average molecular weight is 288 g/mol. The third-order valence-corrected chi connectivity index (χ3v) is 4.78. The van der Waals surface area contributed by atoms with Crippen LogP contribution in [0.5, 0.6) is 0 Å². The number of carboxylic acid groups (broad SMARTS) is 1. The minimum atomic E-state index is -0.976. The maximum atomic E-state index is 11.3. The van der Waals surface area contributed by atoms with Gasteiger partial charge in [0.2, 0.25) is 0 Å². The largest absolute Gasteiger partial charge is 0.477 e. The predicted octanol–water partition coefficient (Wildman–Crippen LogP) is 2.87. The first-order chi connectivity index (χ1) is 9.66. The van der Waals surface area contributed by atoms with E-state index in [0.717, 1.165) is 34.6 Å². The summed E-state index contributed by atoms with van der Waals surface area (Å²) in [6, 6.07) is 9.85. The van der Waals surface area contributed by atoms with E-state index in [1.807, 2.05) is 36.0 Å². The molecule has 2 heterocycles.